The number of thioether (sulfide) groups is 1. The lowest BCUT2D eigenvalue weighted by atomic mass is 9.83. The molecule has 2 aromatic carbocycles. The molecule has 0 bridgehead atoms. The van der Waals surface area contributed by atoms with Crippen molar-refractivity contribution in [2.45, 2.75) is 31.2 Å². The van der Waals surface area contributed by atoms with Gasteiger partial charge in [-0.3, -0.25) is 4.79 Å². The number of rotatable bonds is 4. The molecule has 4 heteroatoms. The number of hydrogen-bond acceptors (Lipinski definition) is 4. The van der Waals surface area contributed by atoms with Crippen molar-refractivity contribution in [3.8, 4) is 0 Å². The van der Waals surface area contributed by atoms with Crippen LogP contribution in [0.3, 0.4) is 0 Å². The number of allylic oxidation sites excluding steroid dienone is 2. The standard InChI is InChI=1S/C24H24N2OS/c1-16-13-23(25-20-11-7-5-9-18(16)20)28-15-17(27)14-22-24(2,3)19-10-6-8-12-21(19)26(22)4/h5-14H,15H2,1-4H3. The first-order valence-corrected chi connectivity index (χ1v) is 10.4. The summed E-state index contributed by atoms with van der Waals surface area (Å²) in [6.07, 6.45) is 1.81. The third-order valence-corrected chi connectivity index (χ3v) is 6.43. The minimum absolute atomic E-state index is 0.111. The van der Waals surface area contributed by atoms with Crippen LogP contribution in [-0.4, -0.2) is 23.6 Å². The molecule has 0 radical (unpaired) electrons. The number of anilines is 1. The van der Waals surface area contributed by atoms with Crippen molar-refractivity contribution in [2.24, 2.45) is 0 Å². The fourth-order valence-corrected chi connectivity index (χ4v) is 4.79. The lowest BCUT2D eigenvalue weighted by molar-refractivity contribution is -0.112. The molecular weight excluding hydrogens is 364 g/mol. The molecule has 4 rings (SSSR count). The number of aromatic nitrogens is 1. The van der Waals surface area contributed by atoms with Gasteiger partial charge in [-0.05, 0) is 36.2 Å². The van der Waals surface area contributed by atoms with Gasteiger partial charge in [0.25, 0.3) is 0 Å². The maximum absolute atomic E-state index is 12.8. The van der Waals surface area contributed by atoms with Gasteiger partial charge in [-0.2, -0.15) is 0 Å². The smallest absolute Gasteiger partial charge is 0.167 e. The molecule has 3 aromatic rings. The van der Waals surface area contributed by atoms with Gasteiger partial charge in [0.1, 0.15) is 0 Å². The molecule has 0 fully saturated rings. The molecule has 0 N–H and O–H groups in total. The molecule has 0 atom stereocenters. The zero-order valence-electron chi connectivity index (χ0n) is 16.7. The van der Waals surface area contributed by atoms with Crippen LogP contribution in [0, 0.1) is 6.92 Å². The number of hydrogen-bond donors (Lipinski definition) is 0. The van der Waals surface area contributed by atoms with E-state index < -0.39 is 0 Å². The predicted octanol–water partition coefficient (Wildman–Crippen LogP) is 5.52. The summed E-state index contributed by atoms with van der Waals surface area (Å²) in [5.41, 5.74) is 5.46. The molecule has 2 heterocycles. The number of ketones is 1. The number of pyridine rings is 1. The molecule has 1 aliphatic heterocycles. The molecular formula is C24H24N2OS. The van der Waals surface area contributed by atoms with Gasteiger partial charge >= 0.3 is 0 Å². The maximum atomic E-state index is 12.8. The van der Waals surface area contributed by atoms with Gasteiger partial charge in [-0.15, -0.1) is 0 Å². The van der Waals surface area contributed by atoms with Gasteiger partial charge in [-0.25, -0.2) is 4.98 Å². The predicted molar refractivity (Wildman–Crippen MR) is 118 cm³/mol. The normalized spacial score (nSPS) is 16.6. The second-order valence-corrected chi connectivity index (χ2v) is 8.78. The number of nitrogens with zero attached hydrogens (tertiary/aromatic N) is 2. The molecule has 28 heavy (non-hydrogen) atoms. The lowest BCUT2D eigenvalue weighted by Gasteiger charge is -2.23. The van der Waals surface area contributed by atoms with E-state index in [2.05, 4.69) is 56.0 Å². The molecule has 0 aliphatic carbocycles. The topological polar surface area (TPSA) is 33.2 Å². The number of para-hydroxylation sites is 2. The third-order valence-electron chi connectivity index (χ3n) is 5.50. The van der Waals surface area contributed by atoms with Crippen molar-refractivity contribution in [3.05, 3.63) is 77.5 Å². The third kappa shape index (κ3) is 3.22. The molecule has 1 aliphatic rings. The van der Waals surface area contributed by atoms with Gasteiger partial charge in [-0.1, -0.05) is 62.0 Å². The Kier molecular flexibility index (Phi) is 4.76. The van der Waals surface area contributed by atoms with Crippen LogP contribution in [0.4, 0.5) is 5.69 Å². The van der Waals surface area contributed by atoms with Gasteiger partial charge in [0.2, 0.25) is 0 Å². The monoisotopic (exact) mass is 388 g/mol. The highest BCUT2D eigenvalue weighted by molar-refractivity contribution is 7.99. The molecule has 3 nitrogen and oxygen atoms in total. The summed E-state index contributed by atoms with van der Waals surface area (Å²) in [5.74, 6) is 0.495. The first-order valence-electron chi connectivity index (χ1n) is 9.45. The van der Waals surface area contributed by atoms with E-state index in [1.54, 1.807) is 6.08 Å². The Morgan fingerprint density at radius 3 is 2.64 bits per heavy atom. The van der Waals surface area contributed by atoms with E-state index in [0.29, 0.717) is 5.75 Å². The fraction of sp³-hybridized carbons (Fsp3) is 0.250. The van der Waals surface area contributed by atoms with E-state index in [4.69, 9.17) is 4.98 Å². The van der Waals surface area contributed by atoms with Crippen LogP contribution in [0.25, 0.3) is 10.9 Å². The van der Waals surface area contributed by atoms with Crippen molar-refractivity contribution in [1.29, 1.82) is 0 Å². The first kappa shape index (κ1) is 18.8. The van der Waals surface area contributed by atoms with Crippen molar-refractivity contribution in [2.75, 3.05) is 17.7 Å². The van der Waals surface area contributed by atoms with Crippen molar-refractivity contribution in [1.82, 2.24) is 4.98 Å². The van der Waals surface area contributed by atoms with Crippen LogP contribution in [-0.2, 0) is 10.2 Å². The SMILES string of the molecule is Cc1cc(SCC(=O)C=C2N(C)c3ccccc3C2(C)C)nc2ccccc12. The van der Waals surface area contributed by atoms with Crippen LogP contribution in [0.2, 0.25) is 0 Å². The van der Waals surface area contributed by atoms with Gasteiger partial charge < -0.3 is 4.90 Å². The van der Waals surface area contributed by atoms with Crippen LogP contribution >= 0.6 is 11.8 Å². The summed E-state index contributed by atoms with van der Waals surface area (Å²) in [5, 5.41) is 2.05. The summed E-state index contributed by atoms with van der Waals surface area (Å²) in [6.45, 7) is 6.44. The number of likely N-dealkylation sites (N-methyl/N-ethyl adjacent to an activating group) is 1. The quantitative estimate of drug-likeness (QED) is 0.435. The Balaban J connectivity index is 1.54. The minimum Gasteiger partial charge on any atom is -0.347 e. The summed E-state index contributed by atoms with van der Waals surface area (Å²) in [6, 6.07) is 18.5. The van der Waals surface area contributed by atoms with E-state index >= 15 is 0 Å². The number of carbonyl (C=O) groups excluding carboxylic acids is 1. The molecule has 0 saturated carbocycles. The summed E-state index contributed by atoms with van der Waals surface area (Å²) in [4.78, 5) is 19.6. The average Bonchev–Trinajstić information content (AvgIpc) is 2.88. The molecule has 0 saturated heterocycles. The average molecular weight is 389 g/mol. The minimum atomic E-state index is -0.177. The molecule has 0 amide bonds. The zero-order chi connectivity index (χ0) is 19.9. The van der Waals surface area contributed by atoms with E-state index in [0.717, 1.165) is 21.6 Å². The highest BCUT2D eigenvalue weighted by atomic mass is 32.2. The summed E-state index contributed by atoms with van der Waals surface area (Å²) < 4.78 is 0. The summed E-state index contributed by atoms with van der Waals surface area (Å²) in [7, 11) is 2.04. The zero-order valence-corrected chi connectivity index (χ0v) is 17.5. The van der Waals surface area contributed by atoms with Crippen LogP contribution in [0.15, 0.2) is 71.4 Å². The van der Waals surface area contributed by atoms with Crippen LogP contribution < -0.4 is 4.90 Å². The van der Waals surface area contributed by atoms with Crippen molar-refractivity contribution < 1.29 is 4.79 Å². The Labute approximate surface area is 170 Å². The molecule has 0 unspecified atom stereocenters. The largest absolute Gasteiger partial charge is 0.347 e. The second-order valence-electron chi connectivity index (χ2n) is 7.78. The van der Waals surface area contributed by atoms with Gasteiger partial charge in [0.05, 0.1) is 16.3 Å². The van der Waals surface area contributed by atoms with Crippen LogP contribution in [0.1, 0.15) is 25.0 Å². The van der Waals surface area contributed by atoms with Crippen LogP contribution in [0.5, 0.6) is 0 Å². The molecule has 0 spiro atoms. The van der Waals surface area contributed by atoms with E-state index in [-0.39, 0.29) is 11.2 Å². The van der Waals surface area contributed by atoms with Gasteiger partial charge in [0, 0.05) is 35.3 Å². The van der Waals surface area contributed by atoms with E-state index in [1.165, 1.54) is 28.6 Å². The summed E-state index contributed by atoms with van der Waals surface area (Å²) >= 11 is 1.50. The van der Waals surface area contributed by atoms with E-state index in [1.807, 2.05) is 31.3 Å². The van der Waals surface area contributed by atoms with E-state index in [9.17, 15) is 4.79 Å². The Morgan fingerprint density at radius 2 is 1.86 bits per heavy atom. The fourth-order valence-electron chi connectivity index (χ4n) is 3.99. The Morgan fingerprint density at radius 1 is 1.14 bits per heavy atom. The van der Waals surface area contributed by atoms with Crippen molar-refractivity contribution >= 4 is 34.1 Å². The first-order chi connectivity index (χ1) is 13.4. The highest BCUT2D eigenvalue weighted by Crippen LogP contribution is 2.46. The van der Waals surface area contributed by atoms with Gasteiger partial charge in [0.15, 0.2) is 5.78 Å². The van der Waals surface area contributed by atoms with Crippen molar-refractivity contribution in [3.63, 3.8) is 0 Å². The molecule has 1 aromatic heterocycles. The Bertz CT molecular complexity index is 1100. The highest BCUT2D eigenvalue weighted by Gasteiger charge is 2.38. The maximum Gasteiger partial charge on any atom is 0.167 e. The second kappa shape index (κ2) is 7.10. The lowest BCUT2D eigenvalue weighted by Crippen LogP contribution is -2.24. The number of aryl methyl sites for hydroxylation is 1. The number of fused-ring (bicyclic) bond motifs is 2. The number of benzene rings is 2. The Hall–Kier alpha value is -2.59. The number of carbonyl (C=O) groups is 1. The molecule has 142 valence electrons.